The van der Waals surface area contributed by atoms with Crippen LogP contribution in [0.4, 0.5) is 5.69 Å². The predicted molar refractivity (Wildman–Crippen MR) is 78.0 cm³/mol. The van der Waals surface area contributed by atoms with Crippen LogP contribution < -0.4 is 10.0 Å². The molecule has 0 aliphatic carbocycles. The highest BCUT2D eigenvalue weighted by Crippen LogP contribution is 2.21. The highest BCUT2D eigenvalue weighted by Gasteiger charge is 2.17. The van der Waals surface area contributed by atoms with Crippen LogP contribution in [0, 0.1) is 0 Å². The van der Waals surface area contributed by atoms with E-state index in [1.54, 1.807) is 36.6 Å². The Morgan fingerprint density at radius 1 is 1.15 bits per heavy atom. The maximum atomic E-state index is 12.2. The van der Waals surface area contributed by atoms with Crippen LogP contribution in [-0.2, 0) is 16.6 Å². The molecule has 0 spiro atoms. The second kappa shape index (κ2) is 6.58. The van der Waals surface area contributed by atoms with Gasteiger partial charge in [-0.25, -0.2) is 13.1 Å². The minimum Gasteiger partial charge on any atom is -0.467 e. The Morgan fingerprint density at radius 2 is 1.95 bits per heavy atom. The minimum atomic E-state index is -3.49. The molecule has 0 aliphatic heterocycles. The van der Waals surface area contributed by atoms with Crippen LogP contribution in [0.1, 0.15) is 19.1 Å². The predicted octanol–water partition coefficient (Wildman–Crippen LogP) is 2.58. The number of rotatable bonds is 7. The van der Waals surface area contributed by atoms with Crippen LogP contribution in [0.25, 0.3) is 0 Å². The smallest absolute Gasteiger partial charge is 0.242 e. The van der Waals surface area contributed by atoms with Crippen molar-refractivity contribution in [3.63, 3.8) is 0 Å². The van der Waals surface area contributed by atoms with Gasteiger partial charge in [0.25, 0.3) is 0 Å². The van der Waals surface area contributed by atoms with Crippen molar-refractivity contribution in [3.05, 3.63) is 48.4 Å². The fourth-order valence-electron chi connectivity index (χ4n) is 1.76. The van der Waals surface area contributed by atoms with Crippen LogP contribution in [0.2, 0.25) is 0 Å². The lowest BCUT2D eigenvalue weighted by molar-refractivity contribution is 0.517. The first-order valence-corrected chi connectivity index (χ1v) is 7.97. The van der Waals surface area contributed by atoms with Gasteiger partial charge in [-0.2, -0.15) is 0 Å². The first kappa shape index (κ1) is 14.6. The van der Waals surface area contributed by atoms with Crippen LogP contribution >= 0.6 is 0 Å². The van der Waals surface area contributed by atoms with Crippen LogP contribution in [0.5, 0.6) is 0 Å². The first-order chi connectivity index (χ1) is 9.63. The number of nitrogens with one attached hydrogen (secondary N) is 2. The number of para-hydroxylation sites is 1. The number of sulfonamides is 1. The molecule has 6 heteroatoms. The summed E-state index contributed by atoms with van der Waals surface area (Å²) in [5.41, 5.74) is 0.563. The molecule has 1 aromatic carbocycles. The Labute approximate surface area is 119 Å². The Hall–Kier alpha value is -1.79. The summed E-state index contributed by atoms with van der Waals surface area (Å²) in [6.07, 6.45) is 2.34. The lowest BCUT2D eigenvalue weighted by Crippen LogP contribution is -2.25. The fraction of sp³-hybridized carbons (Fsp3) is 0.286. The van der Waals surface area contributed by atoms with E-state index < -0.39 is 10.0 Å². The molecule has 2 N–H and O–H groups in total. The van der Waals surface area contributed by atoms with Gasteiger partial charge < -0.3 is 9.73 Å². The third-order valence-electron chi connectivity index (χ3n) is 2.75. The molecule has 0 radical (unpaired) electrons. The van der Waals surface area contributed by atoms with E-state index in [0.29, 0.717) is 18.8 Å². The highest BCUT2D eigenvalue weighted by atomic mass is 32.2. The zero-order chi connectivity index (χ0) is 14.4. The molecule has 108 valence electrons. The lowest BCUT2D eigenvalue weighted by Gasteiger charge is -2.12. The summed E-state index contributed by atoms with van der Waals surface area (Å²) in [5.74, 6) is 0.749. The highest BCUT2D eigenvalue weighted by molar-refractivity contribution is 7.89. The van der Waals surface area contributed by atoms with E-state index in [0.717, 1.165) is 12.2 Å². The number of benzene rings is 1. The number of hydrogen-bond donors (Lipinski definition) is 2. The molecule has 1 heterocycles. The molecular weight excluding hydrogens is 276 g/mol. The molecule has 0 saturated carbocycles. The van der Waals surface area contributed by atoms with Crippen LogP contribution in [-0.4, -0.2) is 15.0 Å². The monoisotopic (exact) mass is 294 g/mol. The van der Waals surface area contributed by atoms with E-state index in [1.807, 2.05) is 13.0 Å². The Morgan fingerprint density at radius 3 is 2.65 bits per heavy atom. The van der Waals surface area contributed by atoms with Gasteiger partial charge >= 0.3 is 0 Å². The quantitative estimate of drug-likeness (QED) is 0.823. The normalized spacial score (nSPS) is 11.4. The zero-order valence-electron chi connectivity index (χ0n) is 11.3. The number of furan rings is 1. The van der Waals surface area contributed by atoms with Crippen molar-refractivity contribution in [1.29, 1.82) is 0 Å². The Kier molecular flexibility index (Phi) is 4.81. The van der Waals surface area contributed by atoms with Gasteiger partial charge in [0, 0.05) is 6.54 Å². The number of hydrogen-bond acceptors (Lipinski definition) is 4. The van der Waals surface area contributed by atoms with E-state index in [-0.39, 0.29) is 4.90 Å². The summed E-state index contributed by atoms with van der Waals surface area (Å²) in [6, 6.07) is 10.5. The van der Waals surface area contributed by atoms with Gasteiger partial charge in [-0.3, -0.25) is 0 Å². The van der Waals surface area contributed by atoms with E-state index in [4.69, 9.17) is 4.42 Å². The van der Waals surface area contributed by atoms with Gasteiger partial charge in [0.2, 0.25) is 10.0 Å². The van der Waals surface area contributed by atoms with Crippen LogP contribution in [0.15, 0.2) is 52.0 Å². The minimum absolute atomic E-state index is 0.250. The molecule has 0 unspecified atom stereocenters. The van der Waals surface area contributed by atoms with Crippen molar-refractivity contribution in [3.8, 4) is 0 Å². The number of anilines is 1. The molecule has 20 heavy (non-hydrogen) atoms. The Balaban J connectivity index is 2.17. The summed E-state index contributed by atoms with van der Waals surface area (Å²) < 4.78 is 32.2. The summed E-state index contributed by atoms with van der Waals surface area (Å²) in [7, 11) is -3.49. The van der Waals surface area contributed by atoms with Crippen molar-refractivity contribution in [2.75, 3.05) is 11.9 Å². The zero-order valence-corrected chi connectivity index (χ0v) is 12.1. The maximum Gasteiger partial charge on any atom is 0.242 e. The maximum absolute atomic E-state index is 12.2. The molecule has 2 aromatic rings. The average Bonchev–Trinajstić information content (AvgIpc) is 2.96. The molecule has 0 saturated heterocycles. The van der Waals surface area contributed by atoms with E-state index in [1.165, 1.54) is 0 Å². The molecule has 0 fully saturated rings. The third kappa shape index (κ3) is 3.61. The van der Waals surface area contributed by atoms with Gasteiger partial charge in [0.05, 0.1) is 18.5 Å². The molecule has 0 atom stereocenters. The van der Waals surface area contributed by atoms with E-state index in [2.05, 4.69) is 10.0 Å². The largest absolute Gasteiger partial charge is 0.467 e. The van der Waals surface area contributed by atoms with Gasteiger partial charge in [0.15, 0.2) is 0 Å². The second-order valence-electron chi connectivity index (χ2n) is 4.33. The second-order valence-corrected chi connectivity index (χ2v) is 6.06. The molecule has 0 amide bonds. The molecule has 5 nitrogen and oxygen atoms in total. The summed E-state index contributed by atoms with van der Waals surface area (Å²) in [4.78, 5) is 0.250. The summed E-state index contributed by atoms with van der Waals surface area (Å²) in [6.45, 7) is 2.78. The summed E-state index contributed by atoms with van der Waals surface area (Å²) >= 11 is 0. The average molecular weight is 294 g/mol. The van der Waals surface area contributed by atoms with Crippen molar-refractivity contribution in [1.82, 2.24) is 4.72 Å². The third-order valence-corrected chi connectivity index (χ3v) is 4.27. The molecule has 0 aliphatic rings. The summed E-state index contributed by atoms with van der Waals surface area (Å²) in [5, 5.41) is 3.09. The van der Waals surface area contributed by atoms with Crippen molar-refractivity contribution < 1.29 is 12.8 Å². The molecule has 1 aromatic heterocycles. The van der Waals surface area contributed by atoms with Gasteiger partial charge in [-0.05, 0) is 30.7 Å². The molecular formula is C14H18N2O3S. The Bertz CT molecular complexity index is 636. The van der Waals surface area contributed by atoms with E-state index >= 15 is 0 Å². The fourth-order valence-corrected chi connectivity index (χ4v) is 3.07. The van der Waals surface area contributed by atoms with E-state index in [9.17, 15) is 8.42 Å². The van der Waals surface area contributed by atoms with Crippen molar-refractivity contribution in [2.24, 2.45) is 0 Å². The molecule has 0 bridgehead atoms. The lowest BCUT2D eigenvalue weighted by atomic mass is 10.3. The first-order valence-electron chi connectivity index (χ1n) is 6.48. The standard InChI is InChI=1S/C14H18N2O3S/c1-2-9-16-20(17,18)14-8-4-3-7-13(14)15-11-12-6-5-10-19-12/h3-8,10,15-16H,2,9,11H2,1H3. The van der Waals surface area contributed by atoms with Gasteiger partial charge in [-0.15, -0.1) is 0 Å². The van der Waals surface area contributed by atoms with Crippen molar-refractivity contribution in [2.45, 2.75) is 24.8 Å². The van der Waals surface area contributed by atoms with Gasteiger partial charge in [0.1, 0.15) is 10.7 Å². The topological polar surface area (TPSA) is 71.3 Å². The van der Waals surface area contributed by atoms with Crippen LogP contribution in [0.3, 0.4) is 0 Å². The molecule has 2 rings (SSSR count). The van der Waals surface area contributed by atoms with Crippen molar-refractivity contribution >= 4 is 15.7 Å². The van der Waals surface area contributed by atoms with Gasteiger partial charge in [-0.1, -0.05) is 19.1 Å². The SMILES string of the molecule is CCCNS(=O)(=O)c1ccccc1NCc1ccco1.